The highest BCUT2D eigenvalue weighted by atomic mass is 32.2. The van der Waals surface area contributed by atoms with Crippen LogP contribution in [0, 0.1) is 11.6 Å². The maximum absolute atomic E-state index is 14.1. The number of sulfonamides is 1. The van der Waals surface area contributed by atoms with Gasteiger partial charge in [-0.3, -0.25) is 4.79 Å². The molecule has 0 aliphatic carbocycles. The molecule has 3 aromatic rings. The molecule has 9 nitrogen and oxygen atoms in total. The number of piperazine rings is 1. The average Bonchev–Trinajstić information content (AvgIpc) is 3.28. The number of nitrogen functional groups attached to an aromatic ring is 1. The molecule has 4 N–H and O–H groups in total. The first-order valence-corrected chi connectivity index (χ1v) is 15.4. The molecule has 2 aliphatic rings. The van der Waals surface area contributed by atoms with Gasteiger partial charge in [0.2, 0.25) is 15.8 Å². The SMILES string of the molecule is C[C@@H]1CN(c2ccc(S(=O)(=O)N3CCC(Nc4nc(N)c(C(=O)c5c(F)cccc5F)s4)CC3)cc2)C[C@H](C)N1. The third kappa shape index (κ3) is 5.82. The van der Waals surface area contributed by atoms with Crippen LogP contribution >= 0.6 is 11.3 Å². The summed E-state index contributed by atoms with van der Waals surface area (Å²) in [5.74, 6) is -2.92. The van der Waals surface area contributed by atoms with E-state index in [1.807, 2.05) is 12.1 Å². The van der Waals surface area contributed by atoms with Gasteiger partial charge in [-0.25, -0.2) is 22.2 Å². The van der Waals surface area contributed by atoms with Crippen LogP contribution < -0.4 is 21.3 Å². The fourth-order valence-electron chi connectivity index (χ4n) is 5.32. The number of aromatic nitrogens is 1. The molecule has 1 aromatic heterocycles. The third-order valence-corrected chi connectivity index (χ3v) is 10.1. The molecule has 2 fully saturated rings. The van der Waals surface area contributed by atoms with Gasteiger partial charge in [-0.1, -0.05) is 17.4 Å². The van der Waals surface area contributed by atoms with Crippen LogP contribution in [0.3, 0.4) is 0 Å². The Morgan fingerprint density at radius 2 is 1.65 bits per heavy atom. The minimum Gasteiger partial charge on any atom is -0.382 e. The number of nitrogens with one attached hydrogen (secondary N) is 2. The van der Waals surface area contributed by atoms with Gasteiger partial charge in [0, 0.05) is 50.0 Å². The van der Waals surface area contributed by atoms with Crippen molar-refractivity contribution >= 4 is 43.8 Å². The first-order valence-electron chi connectivity index (χ1n) is 13.2. The molecular weight excluding hydrogens is 558 g/mol. The van der Waals surface area contributed by atoms with Gasteiger partial charge < -0.3 is 21.3 Å². The van der Waals surface area contributed by atoms with Gasteiger partial charge in [-0.05, 0) is 63.1 Å². The van der Waals surface area contributed by atoms with Crippen LogP contribution in [0.25, 0.3) is 0 Å². The highest BCUT2D eigenvalue weighted by Crippen LogP contribution is 2.31. The summed E-state index contributed by atoms with van der Waals surface area (Å²) in [6.07, 6.45) is 1.02. The van der Waals surface area contributed by atoms with E-state index in [2.05, 4.69) is 34.4 Å². The number of carbonyl (C=O) groups excluding carboxylic acids is 1. The van der Waals surface area contributed by atoms with E-state index in [0.717, 1.165) is 42.2 Å². The van der Waals surface area contributed by atoms with Gasteiger partial charge in [0.05, 0.1) is 10.5 Å². The molecule has 0 amide bonds. The lowest BCUT2D eigenvalue weighted by atomic mass is 10.1. The Kier molecular flexibility index (Phi) is 8.09. The minimum atomic E-state index is -3.65. The number of hydrogen-bond acceptors (Lipinski definition) is 9. The number of anilines is 3. The predicted molar refractivity (Wildman–Crippen MR) is 152 cm³/mol. The second-order valence-corrected chi connectivity index (χ2v) is 13.3. The molecule has 0 radical (unpaired) electrons. The zero-order valence-corrected chi connectivity index (χ0v) is 23.9. The number of halogens is 2. The van der Waals surface area contributed by atoms with Gasteiger partial charge in [-0.15, -0.1) is 0 Å². The van der Waals surface area contributed by atoms with Crippen LogP contribution in [0.1, 0.15) is 41.9 Å². The smallest absolute Gasteiger partial charge is 0.243 e. The van der Waals surface area contributed by atoms with E-state index in [1.54, 1.807) is 12.1 Å². The lowest BCUT2D eigenvalue weighted by Gasteiger charge is -2.37. The van der Waals surface area contributed by atoms with Crippen molar-refractivity contribution in [2.45, 2.75) is 49.7 Å². The van der Waals surface area contributed by atoms with Crippen molar-refractivity contribution < 1.29 is 22.0 Å². The summed E-state index contributed by atoms with van der Waals surface area (Å²) < 4.78 is 56.3. The van der Waals surface area contributed by atoms with E-state index in [9.17, 15) is 22.0 Å². The second-order valence-electron chi connectivity index (χ2n) is 10.3. The number of nitrogens with zero attached hydrogens (tertiary/aromatic N) is 3. The normalized spacial score (nSPS) is 20.9. The Labute approximate surface area is 236 Å². The lowest BCUT2D eigenvalue weighted by Crippen LogP contribution is -2.54. The van der Waals surface area contributed by atoms with Crippen molar-refractivity contribution in [3.8, 4) is 0 Å². The Morgan fingerprint density at radius 1 is 1.05 bits per heavy atom. The monoisotopic (exact) mass is 590 g/mol. The maximum Gasteiger partial charge on any atom is 0.243 e. The van der Waals surface area contributed by atoms with Crippen molar-refractivity contribution in [2.75, 3.05) is 42.1 Å². The number of piperidine rings is 1. The third-order valence-electron chi connectivity index (χ3n) is 7.23. The van der Waals surface area contributed by atoms with Crippen LogP contribution in [0.4, 0.5) is 25.4 Å². The number of thiazole rings is 1. The number of benzene rings is 2. The van der Waals surface area contributed by atoms with E-state index < -0.39 is 33.0 Å². The zero-order valence-electron chi connectivity index (χ0n) is 22.2. The van der Waals surface area contributed by atoms with Gasteiger partial charge in [0.15, 0.2) is 5.13 Å². The number of carbonyl (C=O) groups is 1. The van der Waals surface area contributed by atoms with Crippen LogP contribution in [-0.4, -0.2) is 67.8 Å². The van der Waals surface area contributed by atoms with E-state index in [0.29, 0.717) is 43.1 Å². The summed E-state index contributed by atoms with van der Waals surface area (Å²) in [5, 5.41) is 7.03. The Morgan fingerprint density at radius 3 is 2.25 bits per heavy atom. The van der Waals surface area contributed by atoms with Crippen LogP contribution in [0.15, 0.2) is 47.4 Å². The molecule has 0 bridgehead atoms. The average molecular weight is 591 g/mol. The Balaban J connectivity index is 1.20. The fourth-order valence-corrected chi connectivity index (χ4v) is 7.69. The molecule has 5 rings (SSSR count). The van der Waals surface area contributed by atoms with Crippen molar-refractivity contribution in [1.29, 1.82) is 0 Å². The summed E-state index contributed by atoms with van der Waals surface area (Å²) in [7, 11) is -3.65. The molecule has 214 valence electrons. The van der Waals surface area contributed by atoms with Crippen LogP contribution in [-0.2, 0) is 10.0 Å². The summed E-state index contributed by atoms with van der Waals surface area (Å²) in [5.41, 5.74) is 6.23. The van der Waals surface area contributed by atoms with Crippen molar-refractivity contribution in [1.82, 2.24) is 14.6 Å². The van der Waals surface area contributed by atoms with E-state index >= 15 is 0 Å². The number of rotatable bonds is 7. The molecule has 2 atom stereocenters. The largest absolute Gasteiger partial charge is 0.382 e. The molecule has 13 heteroatoms. The van der Waals surface area contributed by atoms with Crippen molar-refractivity contribution in [3.63, 3.8) is 0 Å². The molecule has 2 saturated heterocycles. The molecule has 0 spiro atoms. The highest BCUT2D eigenvalue weighted by Gasteiger charge is 2.31. The van der Waals surface area contributed by atoms with Gasteiger partial charge in [-0.2, -0.15) is 4.31 Å². The molecule has 2 aliphatic heterocycles. The number of ketones is 1. The van der Waals surface area contributed by atoms with Gasteiger partial charge in [0.1, 0.15) is 22.3 Å². The summed E-state index contributed by atoms with van der Waals surface area (Å²) in [6, 6.07) is 10.9. The minimum absolute atomic E-state index is 0.0558. The quantitative estimate of drug-likeness (QED) is 0.357. The predicted octanol–water partition coefficient (Wildman–Crippen LogP) is 3.69. The van der Waals surface area contributed by atoms with Gasteiger partial charge >= 0.3 is 0 Å². The first kappa shape index (κ1) is 28.4. The lowest BCUT2D eigenvalue weighted by molar-refractivity contribution is 0.103. The molecule has 0 saturated carbocycles. The number of hydrogen-bond donors (Lipinski definition) is 3. The molecule has 40 heavy (non-hydrogen) atoms. The second kappa shape index (κ2) is 11.4. The van der Waals surface area contributed by atoms with E-state index in [-0.39, 0.29) is 21.6 Å². The molecule has 2 aromatic carbocycles. The van der Waals surface area contributed by atoms with Crippen LogP contribution in [0.5, 0.6) is 0 Å². The van der Waals surface area contributed by atoms with Crippen LogP contribution in [0.2, 0.25) is 0 Å². The zero-order chi connectivity index (χ0) is 28.6. The van der Waals surface area contributed by atoms with Gasteiger partial charge in [0.25, 0.3) is 0 Å². The molecule has 0 unspecified atom stereocenters. The highest BCUT2D eigenvalue weighted by molar-refractivity contribution is 7.89. The Bertz CT molecular complexity index is 1460. The fraction of sp³-hybridized carbons (Fsp3) is 0.407. The van der Waals surface area contributed by atoms with E-state index in [1.165, 1.54) is 10.4 Å². The standard InChI is InChI=1S/C27H32F2N6O3S2/c1-16-14-34(15-17(2)31-16)19-6-8-20(9-7-19)40(37,38)35-12-10-18(11-13-35)32-27-33-26(30)25(39-27)24(36)23-21(28)4-3-5-22(23)29/h3-9,16-18,31H,10-15,30H2,1-2H3,(H,32,33)/t16-,17+. The van der Waals surface area contributed by atoms with Crippen molar-refractivity contribution in [2.24, 2.45) is 0 Å². The summed E-state index contributed by atoms with van der Waals surface area (Å²) in [4.78, 5) is 19.4. The first-order chi connectivity index (χ1) is 19.0. The maximum atomic E-state index is 14.1. The van der Waals surface area contributed by atoms with E-state index in [4.69, 9.17) is 5.73 Å². The topological polar surface area (TPSA) is 121 Å². The number of nitrogens with two attached hydrogens (primary N) is 1. The Hall–Kier alpha value is -3.13. The summed E-state index contributed by atoms with van der Waals surface area (Å²) >= 11 is 0.920. The van der Waals surface area contributed by atoms with Crippen molar-refractivity contribution in [3.05, 3.63) is 64.5 Å². The molecule has 3 heterocycles. The molecular formula is C27H32F2N6O3S2. The summed E-state index contributed by atoms with van der Waals surface area (Å²) in [6.45, 7) is 6.60.